The van der Waals surface area contributed by atoms with E-state index in [0.29, 0.717) is 19.6 Å². The van der Waals surface area contributed by atoms with Crippen molar-refractivity contribution in [1.29, 1.82) is 0 Å². The number of carbonyl (C=O) groups excluding carboxylic acids is 1. The van der Waals surface area contributed by atoms with Gasteiger partial charge in [-0.3, -0.25) is 4.79 Å². The van der Waals surface area contributed by atoms with Crippen molar-refractivity contribution in [2.24, 2.45) is 0 Å². The van der Waals surface area contributed by atoms with Crippen LogP contribution in [0.5, 0.6) is 11.5 Å². The van der Waals surface area contributed by atoms with Crippen molar-refractivity contribution in [2.45, 2.75) is 49.8 Å². The zero-order chi connectivity index (χ0) is 29.1. The molecule has 1 heterocycles. The van der Waals surface area contributed by atoms with E-state index in [1.807, 2.05) is 54.4 Å². The maximum absolute atomic E-state index is 13.4. The Labute approximate surface area is 244 Å². The van der Waals surface area contributed by atoms with E-state index in [1.54, 1.807) is 21.3 Å². The molecule has 4 rings (SSSR count). The van der Waals surface area contributed by atoms with Gasteiger partial charge in [0.2, 0.25) is 5.91 Å². The highest BCUT2D eigenvalue weighted by atomic mass is 16.5. The predicted molar refractivity (Wildman–Crippen MR) is 162 cm³/mol. The molecule has 3 aromatic carbocycles. The number of benzene rings is 3. The van der Waals surface area contributed by atoms with E-state index in [4.69, 9.17) is 18.9 Å². The molecule has 220 valence electrons. The number of likely N-dealkylation sites (N-methyl/N-ethyl adjacent to an activating group) is 1. The number of nitrogens with one attached hydrogen (secondary N) is 1. The van der Waals surface area contributed by atoms with Gasteiger partial charge < -0.3 is 29.2 Å². The molecule has 1 fully saturated rings. The number of rotatable bonds is 15. The molecule has 2 atom stereocenters. The lowest BCUT2D eigenvalue weighted by Crippen LogP contribution is -2.42. The Morgan fingerprint density at radius 3 is 1.95 bits per heavy atom. The zero-order valence-corrected chi connectivity index (χ0v) is 24.8. The lowest BCUT2D eigenvalue weighted by molar-refractivity contribution is -0.134. The Morgan fingerprint density at radius 1 is 0.829 bits per heavy atom. The number of carbonyl (C=O) groups is 1. The van der Waals surface area contributed by atoms with E-state index < -0.39 is 5.60 Å². The van der Waals surface area contributed by atoms with Gasteiger partial charge in [0.15, 0.2) is 0 Å². The molecule has 1 unspecified atom stereocenters. The van der Waals surface area contributed by atoms with Crippen LogP contribution in [0.2, 0.25) is 0 Å². The molecular formula is C34H44N2O5. The molecule has 3 aromatic rings. The Kier molecular flexibility index (Phi) is 11.2. The van der Waals surface area contributed by atoms with Crippen molar-refractivity contribution >= 4 is 5.91 Å². The number of ether oxygens (including phenoxy) is 4. The number of hydrogen-bond donors (Lipinski definition) is 1. The van der Waals surface area contributed by atoms with Gasteiger partial charge in [0.25, 0.3) is 0 Å². The number of likely N-dealkylation sites (tertiary alicyclic amines) is 1. The molecule has 0 saturated carbocycles. The molecule has 7 nitrogen and oxygen atoms in total. The summed E-state index contributed by atoms with van der Waals surface area (Å²) < 4.78 is 23.2. The van der Waals surface area contributed by atoms with Gasteiger partial charge in [0.05, 0.1) is 26.9 Å². The van der Waals surface area contributed by atoms with E-state index >= 15 is 0 Å². The van der Waals surface area contributed by atoms with Crippen LogP contribution in [-0.2, 0) is 19.9 Å². The fraction of sp³-hybridized carbons (Fsp3) is 0.441. The molecule has 0 aromatic heterocycles. The molecule has 0 bridgehead atoms. The van der Waals surface area contributed by atoms with E-state index in [9.17, 15) is 4.79 Å². The topological polar surface area (TPSA) is 69.3 Å². The third-order valence-corrected chi connectivity index (χ3v) is 8.05. The lowest BCUT2D eigenvalue weighted by atomic mass is 9.80. The molecule has 0 radical (unpaired) electrons. The zero-order valence-electron chi connectivity index (χ0n) is 24.8. The number of nitrogens with zero attached hydrogens (tertiary/aromatic N) is 1. The molecule has 1 saturated heterocycles. The molecular weight excluding hydrogens is 516 g/mol. The smallest absolute Gasteiger partial charge is 0.222 e. The van der Waals surface area contributed by atoms with Crippen molar-refractivity contribution in [3.8, 4) is 11.5 Å². The molecule has 1 amide bonds. The normalized spacial score (nSPS) is 17.0. The predicted octanol–water partition coefficient (Wildman–Crippen LogP) is 5.41. The van der Waals surface area contributed by atoms with Gasteiger partial charge in [-0.1, -0.05) is 61.0 Å². The minimum absolute atomic E-state index is 0.0430. The summed E-state index contributed by atoms with van der Waals surface area (Å²) in [4.78, 5) is 15.4. The van der Waals surface area contributed by atoms with Crippen LogP contribution in [0.25, 0.3) is 0 Å². The summed E-state index contributed by atoms with van der Waals surface area (Å²) in [6.07, 6.45) is 4.19. The minimum Gasteiger partial charge on any atom is -0.497 e. The molecule has 1 N–H and O–H groups in total. The van der Waals surface area contributed by atoms with Crippen LogP contribution in [0.15, 0.2) is 78.9 Å². The number of amides is 1. The third kappa shape index (κ3) is 7.28. The highest BCUT2D eigenvalue weighted by molar-refractivity contribution is 5.77. The van der Waals surface area contributed by atoms with E-state index in [-0.39, 0.29) is 18.0 Å². The van der Waals surface area contributed by atoms with Crippen LogP contribution >= 0.6 is 0 Å². The maximum atomic E-state index is 13.4. The first-order chi connectivity index (χ1) is 20.0. The van der Waals surface area contributed by atoms with E-state index in [2.05, 4.69) is 41.7 Å². The average Bonchev–Trinajstić information content (AvgIpc) is 3.46. The van der Waals surface area contributed by atoms with Crippen LogP contribution in [0, 0.1) is 0 Å². The van der Waals surface area contributed by atoms with Crippen LogP contribution in [-0.4, -0.2) is 71.0 Å². The third-order valence-electron chi connectivity index (χ3n) is 8.05. The molecule has 1 aliphatic rings. The van der Waals surface area contributed by atoms with Gasteiger partial charge in [-0.2, -0.15) is 0 Å². The summed E-state index contributed by atoms with van der Waals surface area (Å²) in [5.41, 5.74) is 2.06. The second kappa shape index (κ2) is 15.0. The molecule has 41 heavy (non-hydrogen) atoms. The van der Waals surface area contributed by atoms with Crippen LogP contribution in [0.1, 0.15) is 48.8 Å². The largest absolute Gasteiger partial charge is 0.497 e. The summed E-state index contributed by atoms with van der Waals surface area (Å²) in [6, 6.07) is 26.6. The Morgan fingerprint density at radius 2 is 1.41 bits per heavy atom. The number of hydrogen-bond acceptors (Lipinski definition) is 6. The SMILES string of the molecule is CN[C@@H]1CC(COC(c2ccccc2)(c2ccc(OC)cc2)c2ccc(OC)cc2)N(C(=O)CCCCCOC)C1. The Bertz CT molecular complexity index is 1150. The van der Waals surface area contributed by atoms with E-state index in [0.717, 1.165) is 60.5 Å². The van der Waals surface area contributed by atoms with Gasteiger partial charge in [-0.05, 0) is 67.3 Å². The molecule has 0 aliphatic carbocycles. The molecule has 0 spiro atoms. The number of methoxy groups -OCH3 is 3. The first-order valence-corrected chi connectivity index (χ1v) is 14.5. The highest BCUT2D eigenvalue weighted by Crippen LogP contribution is 2.42. The van der Waals surface area contributed by atoms with Gasteiger partial charge >= 0.3 is 0 Å². The van der Waals surface area contributed by atoms with Crippen molar-refractivity contribution in [3.63, 3.8) is 0 Å². The highest BCUT2D eigenvalue weighted by Gasteiger charge is 2.41. The van der Waals surface area contributed by atoms with Crippen molar-refractivity contribution in [3.05, 3.63) is 95.6 Å². The summed E-state index contributed by atoms with van der Waals surface area (Å²) in [7, 11) is 7.01. The molecule has 7 heteroatoms. The van der Waals surface area contributed by atoms with Crippen molar-refractivity contribution in [1.82, 2.24) is 10.2 Å². The monoisotopic (exact) mass is 560 g/mol. The van der Waals surface area contributed by atoms with Crippen LogP contribution in [0.3, 0.4) is 0 Å². The maximum Gasteiger partial charge on any atom is 0.222 e. The fourth-order valence-corrected chi connectivity index (χ4v) is 5.73. The Balaban J connectivity index is 1.68. The fourth-order valence-electron chi connectivity index (χ4n) is 5.73. The first-order valence-electron chi connectivity index (χ1n) is 14.5. The Hall–Kier alpha value is -3.39. The van der Waals surface area contributed by atoms with Gasteiger partial charge in [0.1, 0.15) is 17.1 Å². The van der Waals surface area contributed by atoms with Crippen molar-refractivity contribution < 1.29 is 23.7 Å². The number of unbranched alkanes of at least 4 members (excludes halogenated alkanes) is 2. The van der Waals surface area contributed by atoms with E-state index in [1.165, 1.54) is 0 Å². The summed E-state index contributed by atoms with van der Waals surface area (Å²) in [5.74, 6) is 1.74. The lowest BCUT2D eigenvalue weighted by Gasteiger charge is -2.38. The summed E-state index contributed by atoms with van der Waals surface area (Å²) in [6.45, 7) is 1.81. The standard InChI is InChI=1S/C34H44N2O5/c1-35-29-23-30(36(24-29)33(37)13-9-6-10-22-38-2)25-41-34(26-11-7-5-8-12-26,27-14-18-31(39-3)19-15-27)28-16-20-32(40-4)21-17-28/h5,7-8,11-12,14-21,29-30,35H,6,9-10,13,22-25H2,1-4H3/t29-,30?/m1/s1. The van der Waals surface area contributed by atoms with Gasteiger partial charge in [0, 0.05) is 32.7 Å². The second-order valence-corrected chi connectivity index (χ2v) is 10.5. The van der Waals surface area contributed by atoms with Crippen molar-refractivity contribution in [2.75, 3.05) is 48.1 Å². The second-order valence-electron chi connectivity index (χ2n) is 10.5. The minimum atomic E-state index is -0.910. The molecule has 1 aliphatic heterocycles. The van der Waals surface area contributed by atoms with Gasteiger partial charge in [-0.15, -0.1) is 0 Å². The van der Waals surface area contributed by atoms with Crippen LogP contribution < -0.4 is 14.8 Å². The summed E-state index contributed by atoms with van der Waals surface area (Å²) >= 11 is 0. The van der Waals surface area contributed by atoms with Crippen LogP contribution in [0.4, 0.5) is 0 Å². The quantitative estimate of drug-likeness (QED) is 0.198. The van der Waals surface area contributed by atoms with Gasteiger partial charge in [-0.25, -0.2) is 0 Å². The first kappa shape index (κ1) is 30.6. The summed E-state index contributed by atoms with van der Waals surface area (Å²) in [5, 5.41) is 3.39. The average molecular weight is 561 g/mol.